The summed E-state index contributed by atoms with van der Waals surface area (Å²) in [5.74, 6) is -1.52. The van der Waals surface area contributed by atoms with Gasteiger partial charge in [0.05, 0.1) is 22.2 Å². The maximum absolute atomic E-state index is 13.0. The van der Waals surface area contributed by atoms with Gasteiger partial charge in [-0.05, 0) is 36.4 Å². The van der Waals surface area contributed by atoms with Crippen LogP contribution in [0.15, 0.2) is 47.6 Å². The number of carbonyl (C=O) groups excluding carboxylic acids is 2. The molecule has 1 heterocycles. The Hall–Kier alpha value is -2.44. The highest BCUT2D eigenvalue weighted by Gasteiger charge is 2.35. The molecule has 26 heavy (non-hydrogen) atoms. The van der Waals surface area contributed by atoms with E-state index in [-0.39, 0.29) is 30.6 Å². The van der Waals surface area contributed by atoms with Crippen LogP contribution in [0.4, 0.5) is 10.1 Å². The molecule has 2 aromatic carbocycles. The summed E-state index contributed by atoms with van der Waals surface area (Å²) in [4.78, 5) is 25.8. The number of nitrogens with one attached hydrogen (secondary N) is 1. The number of hydrazone groups is 1. The number of halogens is 3. The van der Waals surface area contributed by atoms with Crippen LogP contribution >= 0.6 is 23.2 Å². The molecule has 1 N–H and O–H groups in total. The van der Waals surface area contributed by atoms with E-state index in [0.29, 0.717) is 21.3 Å². The first-order valence-corrected chi connectivity index (χ1v) is 8.54. The Morgan fingerprint density at radius 2 is 1.85 bits per heavy atom. The molecule has 5 nitrogen and oxygen atoms in total. The lowest BCUT2D eigenvalue weighted by Crippen LogP contribution is -2.30. The minimum absolute atomic E-state index is 0.0611. The highest BCUT2D eigenvalue weighted by Crippen LogP contribution is 2.25. The standard InChI is InChI=1S/C18H14Cl2FN3O2/c19-15-2-1-3-16(20)14(15)9-22-23-18(26)11-8-17(25)24(10-11)13-6-4-12(21)5-7-13/h1-7,9,11H,8,10H2,(H,23,26). The number of hydrogen-bond acceptors (Lipinski definition) is 3. The van der Waals surface area contributed by atoms with Gasteiger partial charge in [-0.25, -0.2) is 9.82 Å². The smallest absolute Gasteiger partial charge is 0.245 e. The molecule has 1 aliphatic rings. The number of anilines is 1. The van der Waals surface area contributed by atoms with E-state index in [2.05, 4.69) is 10.5 Å². The van der Waals surface area contributed by atoms with Gasteiger partial charge >= 0.3 is 0 Å². The largest absolute Gasteiger partial charge is 0.312 e. The van der Waals surface area contributed by atoms with Crippen molar-refractivity contribution >= 4 is 46.9 Å². The fourth-order valence-electron chi connectivity index (χ4n) is 2.64. The van der Waals surface area contributed by atoms with Crippen molar-refractivity contribution < 1.29 is 14.0 Å². The van der Waals surface area contributed by atoms with Gasteiger partial charge in [-0.15, -0.1) is 0 Å². The van der Waals surface area contributed by atoms with Gasteiger partial charge < -0.3 is 4.90 Å². The molecule has 0 aliphatic carbocycles. The van der Waals surface area contributed by atoms with Crippen LogP contribution in [0, 0.1) is 11.7 Å². The van der Waals surface area contributed by atoms with Crippen LogP contribution < -0.4 is 10.3 Å². The second kappa shape index (κ2) is 7.85. The third kappa shape index (κ3) is 4.03. The van der Waals surface area contributed by atoms with Crippen molar-refractivity contribution in [3.05, 3.63) is 63.9 Å². The molecular formula is C18H14Cl2FN3O2. The third-order valence-corrected chi connectivity index (χ3v) is 4.66. The van der Waals surface area contributed by atoms with E-state index in [1.54, 1.807) is 18.2 Å². The highest BCUT2D eigenvalue weighted by atomic mass is 35.5. The monoisotopic (exact) mass is 393 g/mol. The topological polar surface area (TPSA) is 61.8 Å². The first kappa shape index (κ1) is 18.4. The number of rotatable bonds is 4. The van der Waals surface area contributed by atoms with E-state index in [1.165, 1.54) is 35.4 Å². The second-order valence-corrected chi connectivity index (χ2v) is 6.57. The minimum atomic E-state index is -0.550. The molecule has 1 fully saturated rings. The van der Waals surface area contributed by atoms with Crippen molar-refractivity contribution in [2.24, 2.45) is 11.0 Å². The fourth-order valence-corrected chi connectivity index (χ4v) is 3.13. The van der Waals surface area contributed by atoms with Crippen molar-refractivity contribution in [2.45, 2.75) is 6.42 Å². The van der Waals surface area contributed by atoms with Crippen LogP contribution in [0.3, 0.4) is 0 Å². The summed E-state index contributed by atoms with van der Waals surface area (Å²) < 4.78 is 13.0. The van der Waals surface area contributed by atoms with Crippen LogP contribution in [-0.4, -0.2) is 24.6 Å². The fraction of sp³-hybridized carbons (Fsp3) is 0.167. The number of benzene rings is 2. The molecule has 8 heteroatoms. The molecule has 3 rings (SSSR count). The Kier molecular flexibility index (Phi) is 5.54. The van der Waals surface area contributed by atoms with E-state index >= 15 is 0 Å². The number of nitrogens with zero attached hydrogens (tertiary/aromatic N) is 2. The van der Waals surface area contributed by atoms with E-state index in [9.17, 15) is 14.0 Å². The summed E-state index contributed by atoms with van der Waals surface area (Å²) in [6.07, 6.45) is 1.42. The van der Waals surface area contributed by atoms with Gasteiger partial charge in [0.2, 0.25) is 11.8 Å². The Morgan fingerprint density at radius 1 is 1.19 bits per heavy atom. The molecule has 2 aromatic rings. The lowest BCUT2D eigenvalue weighted by atomic mass is 10.1. The van der Waals surface area contributed by atoms with Crippen LogP contribution in [0.25, 0.3) is 0 Å². The normalized spacial score (nSPS) is 17.1. The maximum atomic E-state index is 13.0. The number of amides is 2. The van der Waals surface area contributed by atoms with Gasteiger partial charge in [-0.3, -0.25) is 9.59 Å². The van der Waals surface area contributed by atoms with Gasteiger partial charge in [-0.1, -0.05) is 29.3 Å². The average Bonchev–Trinajstić information content (AvgIpc) is 3.00. The van der Waals surface area contributed by atoms with E-state index < -0.39 is 5.92 Å². The first-order chi connectivity index (χ1) is 12.5. The Morgan fingerprint density at radius 3 is 2.50 bits per heavy atom. The highest BCUT2D eigenvalue weighted by molar-refractivity contribution is 6.38. The quantitative estimate of drug-likeness (QED) is 0.636. The van der Waals surface area contributed by atoms with Crippen LogP contribution in [-0.2, 0) is 9.59 Å². The summed E-state index contributed by atoms with van der Waals surface area (Å²) in [6.45, 7) is 0.207. The SMILES string of the molecule is O=C(NN=Cc1c(Cl)cccc1Cl)C1CC(=O)N(c2ccc(F)cc2)C1. The molecule has 0 bridgehead atoms. The predicted molar refractivity (Wildman–Crippen MR) is 99.1 cm³/mol. The molecule has 0 spiro atoms. The van der Waals surface area contributed by atoms with Gasteiger partial charge in [0.15, 0.2) is 0 Å². The first-order valence-electron chi connectivity index (χ1n) is 7.78. The summed E-state index contributed by atoms with van der Waals surface area (Å²) in [5.41, 5.74) is 3.45. The molecular weight excluding hydrogens is 380 g/mol. The van der Waals surface area contributed by atoms with Gasteiger partial charge in [0.25, 0.3) is 0 Å². The second-order valence-electron chi connectivity index (χ2n) is 5.75. The zero-order chi connectivity index (χ0) is 18.7. The third-order valence-electron chi connectivity index (χ3n) is 4.00. The molecule has 1 saturated heterocycles. The van der Waals surface area contributed by atoms with Crippen LogP contribution in [0.5, 0.6) is 0 Å². The van der Waals surface area contributed by atoms with E-state index in [1.807, 2.05) is 0 Å². The molecule has 0 radical (unpaired) electrons. The summed E-state index contributed by atoms with van der Waals surface area (Å²) in [6, 6.07) is 10.6. The molecule has 2 amide bonds. The predicted octanol–water partition coefficient (Wildman–Crippen LogP) is 3.64. The summed E-state index contributed by atoms with van der Waals surface area (Å²) >= 11 is 12.0. The van der Waals surface area contributed by atoms with Crippen molar-refractivity contribution in [2.75, 3.05) is 11.4 Å². The van der Waals surface area contributed by atoms with Crippen molar-refractivity contribution in [1.29, 1.82) is 0 Å². The summed E-state index contributed by atoms with van der Waals surface area (Å²) in [7, 11) is 0. The van der Waals surface area contributed by atoms with Crippen molar-refractivity contribution in [3.63, 3.8) is 0 Å². The van der Waals surface area contributed by atoms with Gasteiger partial charge in [0, 0.05) is 24.2 Å². The Labute approximate surface area is 159 Å². The van der Waals surface area contributed by atoms with Crippen LogP contribution in [0.2, 0.25) is 10.0 Å². The molecule has 0 saturated carbocycles. The maximum Gasteiger partial charge on any atom is 0.245 e. The molecule has 1 unspecified atom stereocenters. The van der Waals surface area contributed by atoms with Gasteiger partial charge in [-0.2, -0.15) is 5.10 Å². The molecule has 0 aromatic heterocycles. The molecule has 1 atom stereocenters. The lowest BCUT2D eigenvalue weighted by Gasteiger charge is -2.16. The number of hydrogen-bond donors (Lipinski definition) is 1. The van der Waals surface area contributed by atoms with Crippen LogP contribution in [0.1, 0.15) is 12.0 Å². The average molecular weight is 394 g/mol. The zero-order valence-electron chi connectivity index (χ0n) is 13.5. The summed E-state index contributed by atoms with van der Waals surface area (Å²) in [5, 5.41) is 4.69. The number of carbonyl (C=O) groups is 2. The van der Waals surface area contributed by atoms with Crippen molar-refractivity contribution in [1.82, 2.24) is 5.43 Å². The zero-order valence-corrected chi connectivity index (χ0v) is 15.0. The Balaban J connectivity index is 1.63. The van der Waals surface area contributed by atoms with Crippen molar-refractivity contribution in [3.8, 4) is 0 Å². The molecule has 134 valence electrons. The Bertz CT molecular complexity index is 851. The van der Waals surface area contributed by atoms with E-state index in [4.69, 9.17) is 23.2 Å². The lowest BCUT2D eigenvalue weighted by molar-refractivity contribution is -0.126. The van der Waals surface area contributed by atoms with E-state index in [0.717, 1.165) is 0 Å². The van der Waals surface area contributed by atoms with Gasteiger partial charge in [0.1, 0.15) is 5.82 Å². The molecule has 1 aliphatic heterocycles. The minimum Gasteiger partial charge on any atom is -0.312 e.